The highest BCUT2D eigenvalue weighted by Gasteiger charge is 2.25. The molecule has 3 heterocycles. The van der Waals surface area contributed by atoms with E-state index in [0.717, 1.165) is 30.8 Å². The summed E-state index contributed by atoms with van der Waals surface area (Å²) in [6, 6.07) is 10.9. The van der Waals surface area contributed by atoms with Crippen LogP contribution in [0.1, 0.15) is 22.5 Å². The molecule has 1 aromatic carbocycles. The standard InChI is InChI=1S/C17H18N2OS2.ClH/c1-18-11-5-4-8-19(10-11)17(20)15-9-14-16(22-15)12-6-2-3-7-13(12)21-14;/h2-3,6-7,9,11,18H,4-5,8,10H2,1H3;1H. The van der Waals surface area contributed by atoms with Crippen LogP contribution < -0.4 is 5.32 Å². The van der Waals surface area contributed by atoms with Crippen LogP contribution in [0.25, 0.3) is 19.5 Å². The van der Waals surface area contributed by atoms with Crippen LogP contribution in [-0.4, -0.2) is 37.0 Å². The lowest BCUT2D eigenvalue weighted by Gasteiger charge is -2.32. The van der Waals surface area contributed by atoms with Crippen LogP contribution in [0.5, 0.6) is 0 Å². The molecular weight excluding hydrogens is 348 g/mol. The molecule has 1 aliphatic rings. The molecule has 122 valence electrons. The molecule has 23 heavy (non-hydrogen) atoms. The van der Waals surface area contributed by atoms with Gasteiger partial charge in [0.05, 0.1) is 9.58 Å². The Morgan fingerprint density at radius 1 is 1.26 bits per heavy atom. The van der Waals surface area contributed by atoms with Crippen LogP contribution in [0.3, 0.4) is 0 Å². The van der Waals surface area contributed by atoms with E-state index in [1.165, 1.54) is 19.5 Å². The van der Waals surface area contributed by atoms with E-state index in [9.17, 15) is 4.79 Å². The smallest absolute Gasteiger partial charge is 0.264 e. The Kier molecular flexibility index (Phi) is 4.92. The van der Waals surface area contributed by atoms with Gasteiger partial charge in [-0.25, -0.2) is 0 Å². The molecule has 3 aromatic rings. The van der Waals surface area contributed by atoms with Crippen molar-refractivity contribution >= 4 is 60.5 Å². The molecule has 2 aromatic heterocycles. The number of likely N-dealkylation sites (N-methyl/N-ethyl adjacent to an activating group) is 1. The number of amides is 1. The number of hydrogen-bond donors (Lipinski definition) is 1. The number of benzene rings is 1. The second kappa shape index (κ2) is 6.77. The summed E-state index contributed by atoms with van der Waals surface area (Å²) in [5, 5.41) is 4.57. The van der Waals surface area contributed by atoms with E-state index >= 15 is 0 Å². The van der Waals surface area contributed by atoms with Crippen molar-refractivity contribution in [3.8, 4) is 0 Å². The molecule has 1 N–H and O–H groups in total. The molecule has 0 bridgehead atoms. The van der Waals surface area contributed by atoms with Crippen LogP contribution in [0.2, 0.25) is 0 Å². The lowest BCUT2D eigenvalue weighted by molar-refractivity contribution is 0.0703. The van der Waals surface area contributed by atoms with Crippen LogP contribution in [0.4, 0.5) is 0 Å². The zero-order chi connectivity index (χ0) is 15.1. The average molecular weight is 367 g/mol. The van der Waals surface area contributed by atoms with Crippen LogP contribution in [0, 0.1) is 0 Å². The van der Waals surface area contributed by atoms with Gasteiger partial charge in [0.2, 0.25) is 0 Å². The van der Waals surface area contributed by atoms with Crippen molar-refractivity contribution in [1.82, 2.24) is 10.2 Å². The number of piperidine rings is 1. The summed E-state index contributed by atoms with van der Waals surface area (Å²) >= 11 is 3.42. The Bertz CT molecular complexity index is 841. The third kappa shape index (κ3) is 2.98. The lowest BCUT2D eigenvalue weighted by Crippen LogP contribution is -2.46. The van der Waals surface area contributed by atoms with Crippen molar-refractivity contribution in [2.75, 3.05) is 20.1 Å². The zero-order valence-corrected chi connectivity index (χ0v) is 15.3. The number of thiophene rings is 2. The largest absolute Gasteiger partial charge is 0.336 e. The Morgan fingerprint density at radius 3 is 2.91 bits per heavy atom. The quantitative estimate of drug-likeness (QED) is 0.730. The van der Waals surface area contributed by atoms with Crippen molar-refractivity contribution < 1.29 is 4.79 Å². The number of carbonyl (C=O) groups is 1. The van der Waals surface area contributed by atoms with Gasteiger partial charge in [0.1, 0.15) is 0 Å². The third-order valence-corrected chi connectivity index (χ3v) is 6.78. The van der Waals surface area contributed by atoms with Gasteiger partial charge in [-0.1, -0.05) is 18.2 Å². The first kappa shape index (κ1) is 16.7. The van der Waals surface area contributed by atoms with Gasteiger partial charge in [0.25, 0.3) is 5.91 Å². The number of carbonyl (C=O) groups excluding carboxylic acids is 1. The second-order valence-electron chi connectivity index (χ2n) is 5.78. The molecule has 1 aliphatic heterocycles. The number of nitrogens with one attached hydrogen (secondary N) is 1. The van der Waals surface area contributed by atoms with Crippen molar-refractivity contribution in [2.45, 2.75) is 18.9 Å². The highest BCUT2D eigenvalue weighted by Crippen LogP contribution is 2.39. The van der Waals surface area contributed by atoms with Gasteiger partial charge in [0.15, 0.2) is 0 Å². The molecule has 0 aliphatic carbocycles. The lowest BCUT2D eigenvalue weighted by atomic mass is 10.1. The number of halogens is 1. The van der Waals surface area contributed by atoms with E-state index in [1.807, 2.05) is 11.9 Å². The van der Waals surface area contributed by atoms with Gasteiger partial charge in [-0.3, -0.25) is 4.79 Å². The van der Waals surface area contributed by atoms with Crippen molar-refractivity contribution in [2.24, 2.45) is 0 Å². The summed E-state index contributed by atoms with van der Waals surface area (Å²) in [7, 11) is 1.98. The van der Waals surface area contributed by atoms with E-state index in [1.54, 1.807) is 22.7 Å². The minimum absolute atomic E-state index is 0. The van der Waals surface area contributed by atoms with Crippen LogP contribution in [0.15, 0.2) is 30.3 Å². The molecule has 1 unspecified atom stereocenters. The Labute approximate surface area is 149 Å². The van der Waals surface area contributed by atoms with Gasteiger partial charge >= 0.3 is 0 Å². The van der Waals surface area contributed by atoms with Crippen LogP contribution >= 0.6 is 35.1 Å². The average Bonchev–Trinajstić information content (AvgIpc) is 3.12. The SMILES string of the molecule is CNC1CCCN(C(=O)c2cc3sc4ccccc4c3s2)C1.Cl. The summed E-state index contributed by atoms with van der Waals surface area (Å²) in [6.07, 6.45) is 2.24. The fraction of sp³-hybridized carbons (Fsp3) is 0.353. The molecule has 1 fully saturated rings. The first-order chi connectivity index (χ1) is 10.8. The topological polar surface area (TPSA) is 32.3 Å². The van der Waals surface area contributed by atoms with E-state index in [0.29, 0.717) is 6.04 Å². The van der Waals surface area contributed by atoms with Gasteiger partial charge in [-0.05, 0) is 32.0 Å². The van der Waals surface area contributed by atoms with E-state index in [4.69, 9.17) is 0 Å². The third-order valence-electron chi connectivity index (χ3n) is 4.38. The molecule has 0 radical (unpaired) electrons. The zero-order valence-electron chi connectivity index (χ0n) is 12.9. The van der Waals surface area contributed by atoms with E-state index < -0.39 is 0 Å². The maximum absolute atomic E-state index is 12.8. The van der Waals surface area contributed by atoms with Gasteiger partial charge in [-0.2, -0.15) is 0 Å². The summed E-state index contributed by atoms with van der Waals surface area (Å²) in [4.78, 5) is 15.7. The first-order valence-electron chi connectivity index (χ1n) is 7.64. The second-order valence-corrected chi connectivity index (χ2v) is 7.92. The summed E-state index contributed by atoms with van der Waals surface area (Å²) < 4.78 is 3.79. The molecule has 1 atom stereocenters. The van der Waals surface area contributed by atoms with E-state index in [-0.39, 0.29) is 18.3 Å². The summed E-state index contributed by atoms with van der Waals surface area (Å²) in [5.74, 6) is 0.192. The maximum Gasteiger partial charge on any atom is 0.264 e. The summed E-state index contributed by atoms with van der Waals surface area (Å²) in [5.41, 5.74) is 0. The Morgan fingerprint density at radius 2 is 2.09 bits per heavy atom. The minimum Gasteiger partial charge on any atom is -0.336 e. The maximum atomic E-state index is 12.8. The number of fused-ring (bicyclic) bond motifs is 3. The molecule has 0 saturated carbocycles. The number of likely N-dealkylation sites (tertiary alicyclic amines) is 1. The fourth-order valence-electron chi connectivity index (χ4n) is 3.16. The van der Waals surface area contributed by atoms with Crippen LogP contribution in [-0.2, 0) is 0 Å². The monoisotopic (exact) mass is 366 g/mol. The van der Waals surface area contributed by atoms with Gasteiger partial charge in [-0.15, -0.1) is 35.1 Å². The van der Waals surface area contributed by atoms with Gasteiger partial charge < -0.3 is 10.2 Å². The first-order valence-corrected chi connectivity index (χ1v) is 9.27. The number of nitrogens with zero attached hydrogens (tertiary/aromatic N) is 1. The van der Waals surface area contributed by atoms with Crippen molar-refractivity contribution in [1.29, 1.82) is 0 Å². The molecular formula is C17H19ClN2OS2. The Hall–Kier alpha value is -1.14. The fourth-order valence-corrected chi connectivity index (χ4v) is 5.65. The molecule has 0 spiro atoms. The number of rotatable bonds is 2. The normalized spacial score (nSPS) is 18.3. The Balaban J connectivity index is 0.00000156. The van der Waals surface area contributed by atoms with Gasteiger partial charge in [0, 0.05) is 33.9 Å². The minimum atomic E-state index is 0. The van der Waals surface area contributed by atoms with Crippen molar-refractivity contribution in [3.05, 3.63) is 35.2 Å². The molecule has 1 saturated heterocycles. The predicted molar refractivity (Wildman–Crippen MR) is 102 cm³/mol. The number of hydrogen-bond acceptors (Lipinski definition) is 4. The van der Waals surface area contributed by atoms with E-state index in [2.05, 4.69) is 35.6 Å². The molecule has 1 amide bonds. The van der Waals surface area contributed by atoms with Crippen molar-refractivity contribution in [3.63, 3.8) is 0 Å². The molecule has 3 nitrogen and oxygen atoms in total. The molecule has 6 heteroatoms. The highest BCUT2D eigenvalue weighted by molar-refractivity contribution is 7.33. The highest BCUT2D eigenvalue weighted by atomic mass is 35.5. The molecule has 4 rings (SSSR count). The predicted octanol–water partition coefficient (Wildman–Crippen LogP) is 4.36. The summed E-state index contributed by atoms with van der Waals surface area (Å²) in [6.45, 7) is 1.70.